The highest BCUT2D eigenvalue weighted by Crippen LogP contribution is 2.43. The van der Waals surface area contributed by atoms with Crippen molar-refractivity contribution in [2.45, 2.75) is 64.1 Å². The van der Waals surface area contributed by atoms with Crippen LogP contribution >= 0.6 is 23.2 Å². The first kappa shape index (κ1) is 15.5. The minimum absolute atomic E-state index is 0.606. The molecule has 2 unspecified atom stereocenters. The number of hydrogen-bond donors (Lipinski definition) is 1. The van der Waals surface area contributed by atoms with Gasteiger partial charge in [-0.25, -0.2) is 0 Å². The molecule has 0 radical (unpaired) electrons. The van der Waals surface area contributed by atoms with Gasteiger partial charge in [-0.2, -0.15) is 0 Å². The summed E-state index contributed by atoms with van der Waals surface area (Å²) in [5, 5.41) is 5.35. The van der Waals surface area contributed by atoms with Gasteiger partial charge in [-0.05, 0) is 63.3 Å². The second-order valence-corrected chi connectivity index (χ2v) is 7.28. The molecule has 2 fully saturated rings. The number of aryl methyl sites for hydroxylation is 1. The molecule has 0 aliphatic carbocycles. The van der Waals surface area contributed by atoms with E-state index in [1.54, 1.807) is 0 Å². The van der Waals surface area contributed by atoms with Gasteiger partial charge in [0.15, 0.2) is 0 Å². The van der Waals surface area contributed by atoms with Crippen LogP contribution in [0.2, 0.25) is 10.0 Å². The van der Waals surface area contributed by atoms with E-state index in [4.69, 9.17) is 23.2 Å². The van der Waals surface area contributed by atoms with Crippen LogP contribution in [0.25, 0.3) is 0 Å². The van der Waals surface area contributed by atoms with Gasteiger partial charge in [0.05, 0.1) is 10.7 Å². The van der Waals surface area contributed by atoms with Crippen molar-refractivity contribution < 1.29 is 0 Å². The van der Waals surface area contributed by atoms with Crippen molar-refractivity contribution in [3.8, 4) is 0 Å². The van der Waals surface area contributed by atoms with E-state index in [0.717, 1.165) is 27.8 Å². The maximum absolute atomic E-state index is 6.50. The number of nitrogens with zero attached hydrogens (tertiary/aromatic N) is 1. The van der Waals surface area contributed by atoms with Crippen LogP contribution in [-0.2, 0) is 0 Å². The zero-order valence-electron chi connectivity index (χ0n) is 12.8. The molecule has 1 aromatic rings. The Morgan fingerprint density at radius 1 is 1.14 bits per heavy atom. The normalized spacial score (nSPS) is 28.2. The first-order valence-corrected chi connectivity index (χ1v) is 8.83. The molecule has 4 heteroatoms. The van der Waals surface area contributed by atoms with Crippen LogP contribution in [0.3, 0.4) is 0 Å². The number of rotatable bonds is 4. The Kier molecular flexibility index (Phi) is 4.68. The van der Waals surface area contributed by atoms with E-state index < -0.39 is 0 Å². The predicted octanol–water partition coefficient (Wildman–Crippen LogP) is 4.80. The number of benzene rings is 1. The van der Waals surface area contributed by atoms with Gasteiger partial charge >= 0.3 is 0 Å². The minimum Gasteiger partial charge on any atom is -0.364 e. The molecule has 2 aliphatic heterocycles. The van der Waals surface area contributed by atoms with Crippen molar-refractivity contribution in [1.29, 1.82) is 0 Å². The molecule has 2 saturated heterocycles. The predicted molar refractivity (Wildman–Crippen MR) is 91.8 cm³/mol. The van der Waals surface area contributed by atoms with E-state index in [1.165, 1.54) is 32.1 Å². The van der Waals surface area contributed by atoms with Crippen LogP contribution in [-0.4, -0.2) is 24.7 Å². The summed E-state index contributed by atoms with van der Waals surface area (Å²) >= 11 is 12.8. The molecule has 0 aromatic heterocycles. The summed E-state index contributed by atoms with van der Waals surface area (Å²) in [4.78, 5) is 2.54. The Labute approximate surface area is 137 Å². The standard InChI is InChI=1S/C17H24Cl2N2/c1-3-6-20-12-8-13-4-5-14(9-12)21(13)17-10-15(18)11(2)7-16(17)19/h7,10,12-14,20H,3-6,8-9H2,1-2H3. The maximum Gasteiger partial charge on any atom is 0.0643 e. The molecule has 2 aliphatic rings. The van der Waals surface area contributed by atoms with E-state index in [9.17, 15) is 0 Å². The molecule has 21 heavy (non-hydrogen) atoms. The van der Waals surface area contributed by atoms with Crippen LogP contribution in [0.4, 0.5) is 5.69 Å². The minimum atomic E-state index is 0.606. The fraction of sp³-hybridized carbons (Fsp3) is 0.647. The van der Waals surface area contributed by atoms with Gasteiger partial charge in [0, 0.05) is 23.1 Å². The molecule has 2 bridgehead atoms. The second-order valence-electron chi connectivity index (χ2n) is 6.47. The molecule has 2 atom stereocenters. The zero-order valence-corrected chi connectivity index (χ0v) is 14.3. The Bertz CT molecular complexity index is 504. The number of halogens is 2. The highest BCUT2D eigenvalue weighted by molar-refractivity contribution is 6.35. The molecule has 3 rings (SSSR count). The number of nitrogens with one attached hydrogen (secondary N) is 1. The van der Waals surface area contributed by atoms with Crippen LogP contribution in [0.1, 0.15) is 44.6 Å². The van der Waals surface area contributed by atoms with E-state index in [1.807, 2.05) is 13.0 Å². The van der Waals surface area contributed by atoms with E-state index in [0.29, 0.717) is 18.1 Å². The molecular formula is C17H24Cl2N2. The van der Waals surface area contributed by atoms with Gasteiger partial charge < -0.3 is 10.2 Å². The van der Waals surface area contributed by atoms with Crippen molar-refractivity contribution in [1.82, 2.24) is 5.32 Å². The number of piperidine rings is 1. The largest absolute Gasteiger partial charge is 0.364 e. The monoisotopic (exact) mass is 326 g/mol. The van der Waals surface area contributed by atoms with Gasteiger partial charge in [0.25, 0.3) is 0 Å². The van der Waals surface area contributed by atoms with Crippen LogP contribution in [0, 0.1) is 6.92 Å². The summed E-state index contributed by atoms with van der Waals surface area (Å²) in [6.07, 6.45) is 6.19. The Hall–Kier alpha value is -0.440. The zero-order chi connectivity index (χ0) is 15.0. The molecule has 1 aromatic carbocycles. The van der Waals surface area contributed by atoms with Crippen molar-refractivity contribution in [3.05, 3.63) is 27.7 Å². The molecular weight excluding hydrogens is 303 g/mol. The lowest BCUT2D eigenvalue weighted by Gasteiger charge is -2.41. The topological polar surface area (TPSA) is 15.3 Å². The first-order valence-electron chi connectivity index (χ1n) is 8.07. The molecule has 1 N–H and O–H groups in total. The summed E-state index contributed by atoms with van der Waals surface area (Å²) in [6, 6.07) is 5.94. The highest BCUT2D eigenvalue weighted by atomic mass is 35.5. The average molecular weight is 327 g/mol. The van der Waals surface area contributed by atoms with Crippen molar-refractivity contribution >= 4 is 28.9 Å². The fourth-order valence-electron chi connectivity index (χ4n) is 3.92. The highest BCUT2D eigenvalue weighted by Gasteiger charge is 2.41. The molecule has 2 nitrogen and oxygen atoms in total. The van der Waals surface area contributed by atoms with E-state index >= 15 is 0 Å². The lowest BCUT2D eigenvalue weighted by molar-refractivity contribution is 0.357. The summed E-state index contributed by atoms with van der Waals surface area (Å²) in [5.74, 6) is 0. The van der Waals surface area contributed by atoms with Crippen LogP contribution < -0.4 is 10.2 Å². The number of anilines is 1. The number of hydrogen-bond acceptors (Lipinski definition) is 2. The van der Waals surface area contributed by atoms with E-state index in [2.05, 4.69) is 23.2 Å². The third-order valence-corrected chi connectivity index (χ3v) is 5.63. The molecule has 0 amide bonds. The summed E-state index contributed by atoms with van der Waals surface area (Å²) in [5.41, 5.74) is 2.19. The van der Waals surface area contributed by atoms with Gasteiger partial charge in [-0.15, -0.1) is 0 Å². The quantitative estimate of drug-likeness (QED) is 0.854. The Morgan fingerprint density at radius 3 is 2.43 bits per heavy atom. The summed E-state index contributed by atoms with van der Waals surface area (Å²) in [6.45, 7) is 5.36. The van der Waals surface area contributed by atoms with Gasteiger partial charge in [-0.1, -0.05) is 30.1 Å². The van der Waals surface area contributed by atoms with Gasteiger partial charge in [0.2, 0.25) is 0 Å². The second kappa shape index (κ2) is 6.36. The van der Waals surface area contributed by atoms with Crippen molar-refractivity contribution in [3.63, 3.8) is 0 Å². The van der Waals surface area contributed by atoms with Crippen molar-refractivity contribution in [2.75, 3.05) is 11.4 Å². The molecule has 2 heterocycles. The summed E-state index contributed by atoms with van der Waals surface area (Å²) < 4.78 is 0. The first-order chi connectivity index (χ1) is 10.1. The SMILES string of the molecule is CCCNC1CC2CCC(C1)N2c1cc(Cl)c(C)cc1Cl. The Morgan fingerprint density at radius 2 is 1.81 bits per heavy atom. The van der Waals surface area contributed by atoms with Gasteiger partial charge in [0.1, 0.15) is 0 Å². The lowest BCUT2D eigenvalue weighted by atomic mass is 9.96. The third kappa shape index (κ3) is 3.04. The Balaban J connectivity index is 1.81. The number of fused-ring (bicyclic) bond motifs is 2. The van der Waals surface area contributed by atoms with E-state index in [-0.39, 0.29) is 0 Å². The fourth-order valence-corrected chi connectivity index (χ4v) is 4.39. The lowest BCUT2D eigenvalue weighted by Crippen LogP contribution is -2.49. The summed E-state index contributed by atoms with van der Waals surface area (Å²) in [7, 11) is 0. The molecule has 0 spiro atoms. The molecule has 0 saturated carbocycles. The van der Waals surface area contributed by atoms with Crippen LogP contribution in [0.15, 0.2) is 12.1 Å². The van der Waals surface area contributed by atoms with Gasteiger partial charge in [-0.3, -0.25) is 0 Å². The third-order valence-electron chi connectivity index (χ3n) is 4.92. The maximum atomic E-state index is 6.50. The van der Waals surface area contributed by atoms with Crippen molar-refractivity contribution in [2.24, 2.45) is 0 Å². The van der Waals surface area contributed by atoms with Crippen LogP contribution in [0.5, 0.6) is 0 Å². The molecule has 116 valence electrons. The smallest absolute Gasteiger partial charge is 0.0643 e. The average Bonchev–Trinajstić information content (AvgIpc) is 2.71.